The van der Waals surface area contributed by atoms with Crippen LogP contribution in [0.15, 0.2) is 53.9 Å². The fraction of sp³-hybridized carbons (Fsp3) is 0.464. The van der Waals surface area contributed by atoms with Crippen molar-refractivity contribution in [2.45, 2.75) is 43.9 Å². The molecular weight excluding hydrogens is 458 g/mol. The molecule has 3 fully saturated rings. The topological polar surface area (TPSA) is 65.0 Å². The fourth-order valence-corrected chi connectivity index (χ4v) is 5.89. The molecule has 6 rings (SSSR count). The van der Waals surface area contributed by atoms with Gasteiger partial charge < -0.3 is 25.0 Å². The lowest BCUT2D eigenvalue weighted by Gasteiger charge is -2.36. The maximum atomic E-state index is 13.3. The minimum Gasteiger partial charge on any atom is -0.490 e. The largest absolute Gasteiger partial charge is 0.490 e. The van der Waals surface area contributed by atoms with E-state index in [1.165, 1.54) is 22.2 Å². The number of aliphatic hydroxyl groups is 1. The summed E-state index contributed by atoms with van der Waals surface area (Å²) in [5.41, 5.74) is 2.00. The van der Waals surface area contributed by atoms with Crippen LogP contribution in [0.1, 0.15) is 37.4 Å². The van der Waals surface area contributed by atoms with E-state index in [1.54, 1.807) is 11.3 Å². The van der Waals surface area contributed by atoms with Crippen molar-refractivity contribution in [2.24, 2.45) is 5.92 Å². The Labute approximate surface area is 210 Å². The van der Waals surface area contributed by atoms with Crippen LogP contribution in [-0.2, 0) is 4.79 Å². The van der Waals surface area contributed by atoms with Crippen molar-refractivity contribution in [1.29, 1.82) is 0 Å². The average Bonchev–Trinajstić information content (AvgIpc) is 3.32. The summed E-state index contributed by atoms with van der Waals surface area (Å²) in [6.07, 6.45) is 3.84. The molecule has 0 bridgehead atoms. The molecule has 2 aromatic carbocycles. The van der Waals surface area contributed by atoms with Gasteiger partial charge in [-0.15, -0.1) is 11.3 Å². The van der Waals surface area contributed by atoms with Crippen molar-refractivity contribution in [3.63, 3.8) is 0 Å². The predicted molar refractivity (Wildman–Crippen MR) is 140 cm³/mol. The lowest BCUT2D eigenvalue weighted by atomic mass is 9.99. The van der Waals surface area contributed by atoms with Crippen LogP contribution in [0.5, 0.6) is 5.75 Å². The van der Waals surface area contributed by atoms with Crippen LogP contribution >= 0.6 is 11.3 Å². The third-order valence-corrected chi connectivity index (χ3v) is 8.40. The Morgan fingerprint density at radius 1 is 1.09 bits per heavy atom. The zero-order valence-electron chi connectivity index (χ0n) is 19.9. The van der Waals surface area contributed by atoms with E-state index in [0.717, 1.165) is 50.2 Å². The van der Waals surface area contributed by atoms with E-state index >= 15 is 0 Å². The van der Waals surface area contributed by atoms with Crippen molar-refractivity contribution >= 4 is 33.0 Å². The van der Waals surface area contributed by atoms with Crippen LogP contribution < -0.4 is 15.0 Å². The van der Waals surface area contributed by atoms with E-state index in [2.05, 4.69) is 44.8 Å². The smallest absolute Gasteiger partial charge is 0.225 e. The Hall–Kier alpha value is -2.61. The molecule has 3 atom stereocenters. The van der Waals surface area contributed by atoms with Gasteiger partial charge in [-0.3, -0.25) is 4.79 Å². The molecule has 7 heteroatoms. The summed E-state index contributed by atoms with van der Waals surface area (Å²) in [6, 6.07) is 16.1. The second kappa shape index (κ2) is 9.80. The van der Waals surface area contributed by atoms with Gasteiger partial charge >= 0.3 is 0 Å². The van der Waals surface area contributed by atoms with Gasteiger partial charge in [-0.1, -0.05) is 18.2 Å². The van der Waals surface area contributed by atoms with Crippen LogP contribution in [0, 0.1) is 5.92 Å². The minimum absolute atomic E-state index is 0.0444. The molecule has 2 N–H and O–H groups in total. The number of nitrogens with one attached hydrogen (secondary N) is 1. The van der Waals surface area contributed by atoms with Gasteiger partial charge in [0.2, 0.25) is 5.91 Å². The first-order chi connectivity index (χ1) is 17.1. The van der Waals surface area contributed by atoms with Crippen LogP contribution in [0.3, 0.4) is 0 Å². The zero-order chi connectivity index (χ0) is 23.8. The Kier molecular flexibility index (Phi) is 6.39. The Morgan fingerprint density at radius 2 is 1.91 bits per heavy atom. The number of amides is 1. The number of carbonyl (C=O) groups is 1. The number of ether oxygens (including phenoxy) is 1. The SMILES string of the molecule is O=C(N[C@H](CN1CCC1)[C@H](O)c1ccc(OC2CC2)cc1)[C@@H]1CCN(c2ccc3ccsc3c2)C1. The lowest BCUT2D eigenvalue weighted by molar-refractivity contribution is -0.126. The van der Waals surface area contributed by atoms with Crippen molar-refractivity contribution in [3.05, 3.63) is 59.5 Å². The first kappa shape index (κ1) is 22.8. The van der Waals surface area contributed by atoms with Gasteiger partial charge in [0.05, 0.1) is 18.1 Å². The molecule has 1 amide bonds. The monoisotopic (exact) mass is 491 g/mol. The maximum Gasteiger partial charge on any atom is 0.225 e. The molecule has 3 aromatic rings. The molecule has 0 spiro atoms. The first-order valence-electron chi connectivity index (χ1n) is 12.8. The number of anilines is 1. The summed E-state index contributed by atoms with van der Waals surface area (Å²) in [5.74, 6) is 0.816. The lowest BCUT2D eigenvalue weighted by Crippen LogP contribution is -2.52. The van der Waals surface area contributed by atoms with Gasteiger partial charge in [-0.25, -0.2) is 0 Å². The molecule has 3 heterocycles. The highest BCUT2D eigenvalue weighted by atomic mass is 32.1. The summed E-state index contributed by atoms with van der Waals surface area (Å²) in [4.78, 5) is 17.9. The number of fused-ring (bicyclic) bond motifs is 1. The Balaban J connectivity index is 1.11. The number of nitrogens with zero attached hydrogens (tertiary/aromatic N) is 2. The molecule has 1 saturated carbocycles. The van der Waals surface area contributed by atoms with E-state index in [9.17, 15) is 9.90 Å². The molecule has 3 aliphatic rings. The number of benzene rings is 2. The highest BCUT2D eigenvalue weighted by Crippen LogP contribution is 2.31. The molecule has 1 aromatic heterocycles. The number of hydrogen-bond donors (Lipinski definition) is 2. The maximum absolute atomic E-state index is 13.3. The van der Waals surface area contributed by atoms with Gasteiger partial charge in [0, 0.05) is 30.0 Å². The normalized spacial score (nSPS) is 22.1. The van der Waals surface area contributed by atoms with E-state index < -0.39 is 6.10 Å². The molecule has 2 saturated heterocycles. The molecule has 184 valence electrons. The Bertz CT molecular complexity index is 1170. The molecule has 6 nitrogen and oxygen atoms in total. The molecule has 2 aliphatic heterocycles. The molecule has 0 unspecified atom stereocenters. The van der Waals surface area contributed by atoms with E-state index in [1.807, 2.05) is 24.3 Å². The van der Waals surface area contributed by atoms with Crippen molar-refractivity contribution in [2.75, 3.05) is 37.6 Å². The number of rotatable bonds is 9. The van der Waals surface area contributed by atoms with Gasteiger partial charge in [-0.05, 0) is 85.4 Å². The highest BCUT2D eigenvalue weighted by molar-refractivity contribution is 7.17. The summed E-state index contributed by atoms with van der Waals surface area (Å²) in [6.45, 7) is 4.29. The van der Waals surface area contributed by atoms with Crippen LogP contribution in [0.25, 0.3) is 10.1 Å². The van der Waals surface area contributed by atoms with E-state index in [-0.39, 0.29) is 17.9 Å². The quantitative estimate of drug-likeness (QED) is 0.470. The summed E-state index contributed by atoms with van der Waals surface area (Å²) in [5, 5.41) is 17.9. The van der Waals surface area contributed by atoms with Gasteiger partial charge in [0.25, 0.3) is 0 Å². The minimum atomic E-state index is -0.756. The van der Waals surface area contributed by atoms with Gasteiger partial charge in [-0.2, -0.15) is 0 Å². The molecular formula is C28H33N3O3S. The summed E-state index contributed by atoms with van der Waals surface area (Å²) in [7, 11) is 0. The van der Waals surface area contributed by atoms with Crippen molar-refractivity contribution < 1.29 is 14.6 Å². The number of carbonyl (C=O) groups excluding carboxylic acids is 1. The highest BCUT2D eigenvalue weighted by Gasteiger charge is 2.33. The number of aliphatic hydroxyl groups excluding tert-OH is 1. The van der Waals surface area contributed by atoms with Gasteiger partial charge in [0.15, 0.2) is 0 Å². The van der Waals surface area contributed by atoms with Crippen LogP contribution in [0.4, 0.5) is 5.69 Å². The van der Waals surface area contributed by atoms with E-state index in [0.29, 0.717) is 19.2 Å². The first-order valence-corrected chi connectivity index (χ1v) is 13.7. The fourth-order valence-electron chi connectivity index (χ4n) is 5.07. The second-order valence-corrected chi connectivity index (χ2v) is 11.1. The van der Waals surface area contributed by atoms with Gasteiger partial charge in [0.1, 0.15) is 11.9 Å². The summed E-state index contributed by atoms with van der Waals surface area (Å²) < 4.78 is 7.12. The number of likely N-dealkylation sites (tertiary alicyclic amines) is 1. The number of thiophene rings is 1. The standard InChI is InChI=1S/C28H33N3O3S/c32-27(20-3-6-23(7-4-20)34-24-8-9-24)25(18-30-12-1-13-30)29-28(33)21-10-14-31(17-21)22-5-2-19-11-15-35-26(19)16-22/h2-7,11,15-16,21,24-25,27,32H,1,8-10,12-14,17-18H2,(H,29,33)/t21-,25-,27-/m1/s1. The third kappa shape index (κ3) is 5.17. The van der Waals surface area contributed by atoms with Crippen molar-refractivity contribution in [1.82, 2.24) is 10.2 Å². The predicted octanol–water partition coefficient (Wildman–Crippen LogP) is 4.19. The Morgan fingerprint density at radius 3 is 2.66 bits per heavy atom. The zero-order valence-corrected chi connectivity index (χ0v) is 20.8. The van der Waals surface area contributed by atoms with Crippen LogP contribution in [0.2, 0.25) is 0 Å². The molecule has 35 heavy (non-hydrogen) atoms. The van der Waals surface area contributed by atoms with E-state index in [4.69, 9.17) is 4.74 Å². The number of hydrogen-bond acceptors (Lipinski definition) is 6. The average molecular weight is 492 g/mol. The van der Waals surface area contributed by atoms with Crippen LogP contribution in [-0.4, -0.2) is 60.8 Å². The molecule has 0 radical (unpaired) electrons. The molecule has 1 aliphatic carbocycles. The van der Waals surface area contributed by atoms with Crippen molar-refractivity contribution in [3.8, 4) is 5.75 Å². The second-order valence-electron chi connectivity index (χ2n) is 10.2. The third-order valence-electron chi connectivity index (χ3n) is 7.53. The summed E-state index contributed by atoms with van der Waals surface area (Å²) >= 11 is 1.75.